The number of carbonyl (C=O) groups excluding carboxylic acids is 1. The maximum Gasteiger partial charge on any atom is 0.290 e. The van der Waals surface area contributed by atoms with Crippen LogP contribution >= 0.6 is 0 Å². The molecule has 3 rings (SSSR count). The molecule has 19 heavy (non-hydrogen) atoms. The van der Waals surface area contributed by atoms with E-state index in [1.54, 1.807) is 29.0 Å². The van der Waals surface area contributed by atoms with Gasteiger partial charge in [-0.1, -0.05) is 18.2 Å². The van der Waals surface area contributed by atoms with Crippen LogP contribution in [0.2, 0.25) is 0 Å². The summed E-state index contributed by atoms with van der Waals surface area (Å²) in [6, 6.07) is 12.7. The summed E-state index contributed by atoms with van der Waals surface area (Å²) in [5.41, 5.74) is 7.14. The third kappa shape index (κ3) is 2.37. The number of nitrogens with zero attached hydrogens (tertiary/aromatic N) is 3. The van der Waals surface area contributed by atoms with Gasteiger partial charge in [0.25, 0.3) is 5.91 Å². The van der Waals surface area contributed by atoms with Crippen LogP contribution in [0.5, 0.6) is 0 Å². The van der Waals surface area contributed by atoms with E-state index in [4.69, 9.17) is 0 Å². The van der Waals surface area contributed by atoms with Crippen LogP contribution in [0.15, 0.2) is 54.9 Å². The average Bonchev–Trinajstić information content (AvgIpc) is 2.90. The van der Waals surface area contributed by atoms with E-state index in [2.05, 4.69) is 20.9 Å². The van der Waals surface area contributed by atoms with Crippen molar-refractivity contribution >= 4 is 17.2 Å². The predicted molar refractivity (Wildman–Crippen MR) is 70.5 cm³/mol. The third-order valence-electron chi connectivity index (χ3n) is 2.56. The van der Waals surface area contributed by atoms with Crippen LogP contribution in [0.25, 0.3) is 5.65 Å². The lowest BCUT2D eigenvalue weighted by Gasteiger charge is -2.05. The molecule has 0 atom stereocenters. The van der Waals surface area contributed by atoms with Gasteiger partial charge < -0.3 is 0 Å². The normalized spacial score (nSPS) is 10.3. The maximum atomic E-state index is 11.9. The van der Waals surface area contributed by atoms with Crippen LogP contribution in [-0.2, 0) is 0 Å². The highest BCUT2D eigenvalue weighted by Gasteiger charge is 2.10. The number of anilines is 1. The van der Waals surface area contributed by atoms with Crippen molar-refractivity contribution in [3.05, 3.63) is 60.6 Å². The zero-order valence-electron chi connectivity index (χ0n) is 9.95. The van der Waals surface area contributed by atoms with Crippen LogP contribution in [-0.4, -0.2) is 20.5 Å². The second kappa shape index (κ2) is 4.77. The van der Waals surface area contributed by atoms with Crippen molar-refractivity contribution in [3.8, 4) is 0 Å². The van der Waals surface area contributed by atoms with Crippen molar-refractivity contribution in [1.82, 2.24) is 20.0 Å². The summed E-state index contributed by atoms with van der Waals surface area (Å²) in [6.07, 6.45) is 3.39. The number of hydrazine groups is 1. The van der Waals surface area contributed by atoms with Gasteiger partial charge in [0.2, 0.25) is 0 Å². The summed E-state index contributed by atoms with van der Waals surface area (Å²) in [6.45, 7) is 0. The molecule has 6 heteroatoms. The molecule has 0 unspecified atom stereocenters. The topological polar surface area (TPSA) is 71.3 Å². The molecule has 0 saturated carbocycles. The summed E-state index contributed by atoms with van der Waals surface area (Å²) in [5.74, 6) is -0.311. The molecule has 1 amide bonds. The standard InChI is InChI=1S/C13H11N5O/c19-13(16-15-10-5-2-1-3-6-10)11-9-12-14-7-4-8-18(12)17-11/h1-9,15H,(H,16,19). The molecule has 1 aromatic carbocycles. The minimum Gasteiger partial charge on any atom is -0.298 e. The zero-order valence-corrected chi connectivity index (χ0v) is 9.95. The zero-order chi connectivity index (χ0) is 13.1. The Labute approximate surface area is 109 Å². The average molecular weight is 253 g/mol. The number of aromatic nitrogens is 3. The molecule has 0 radical (unpaired) electrons. The van der Waals surface area contributed by atoms with Gasteiger partial charge in [0, 0.05) is 18.5 Å². The van der Waals surface area contributed by atoms with E-state index < -0.39 is 0 Å². The van der Waals surface area contributed by atoms with Crippen LogP contribution < -0.4 is 10.9 Å². The molecule has 0 spiro atoms. The first-order valence-corrected chi connectivity index (χ1v) is 5.75. The Bertz CT molecular complexity index is 674. The van der Waals surface area contributed by atoms with Gasteiger partial charge in [0.15, 0.2) is 11.3 Å². The fraction of sp³-hybridized carbons (Fsp3) is 0. The lowest BCUT2D eigenvalue weighted by atomic mass is 10.3. The van der Waals surface area contributed by atoms with E-state index in [-0.39, 0.29) is 5.91 Å². The van der Waals surface area contributed by atoms with Gasteiger partial charge in [0.1, 0.15) is 0 Å². The van der Waals surface area contributed by atoms with Crippen molar-refractivity contribution in [3.63, 3.8) is 0 Å². The number of fused-ring (bicyclic) bond motifs is 1. The minimum atomic E-state index is -0.311. The molecule has 0 fully saturated rings. The van der Waals surface area contributed by atoms with Crippen LogP contribution in [0.3, 0.4) is 0 Å². The lowest BCUT2D eigenvalue weighted by Crippen LogP contribution is -2.29. The number of hydrogen-bond donors (Lipinski definition) is 2. The van der Waals surface area contributed by atoms with E-state index in [1.807, 2.05) is 30.3 Å². The fourth-order valence-corrected chi connectivity index (χ4v) is 1.66. The Balaban J connectivity index is 1.73. The van der Waals surface area contributed by atoms with Crippen molar-refractivity contribution < 1.29 is 4.79 Å². The second-order valence-electron chi connectivity index (χ2n) is 3.90. The van der Waals surface area contributed by atoms with Crippen molar-refractivity contribution in [2.75, 3.05) is 5.43 Å². The number of nitrogens with one attached hydrogen (secondary N) is 2. The summed E-state index contributed by atoms with van der Waals surface area (Å²) in [7, 11) is 0. The summed E-state index contributed by atoms with van der Waals surface area (Å²) >= 11 is 0. The molecule has 3 aromatic rings. The Hall–Kier alpha value is -2.89. The molecule has 2 heterocycles. The molecular weight excluding hydrogens is 242 g/mol. The number of carbonyl (C=O) groups is 1. The van der Waals surface area contributed by atoms with E-state index in [0.717, 1.165) is 5.69 Å². The van der Waals surface area contributed by atoms with Gasteiger partial charge in [-0.15, -0.1) is 0 Å². The van der Waals surface area contributed by atoms with E-state index in [0.29, 0.717) is 11.3 Å². The van der Waals surface area contributed by atoms with Crippen molar-refractivity contribution in [2.24, 2.45) is 0 Å². The monoisotopic (exact) mass is 253 g/mol. The molecule has 6 nitrogen and oxygen atoms in total. The van der Waals surface area contributed by atoms with Crippen LogP contribution in [0.1, 0.15) is 10.5 Å². The van der Waals surface area contributed by atoms with Gasteiger partial charge in [-0.3, -0.25) is 15.6 Å². The van der Waals surface area contributed by atoms with E-state index in [1.165, 1.54) is 0 Å². The molecule has 0 aliphatic rings. The minimum absolute atomic E-state index is 0.308. The number of benzene rings is 1. The Morgan fingerprint density at radius 1 is 1.16 bits per heavy atom. The molecule has 94 valence electrons. The Morgan fingerprint density at radius 3 is 2.79 bits per heavy atom. The van der Waals surface area contributed by atoms with Gasteiger partial charge in [-0.25, -0.2) is 9.50 Å². The molecule has 2 N–H and O–H groups in total. The molecule has 0 bridgehead atoms. The summed E-state index contributed by atoms with van der Waals surface area (Å²) in [4.78, 5) is 16.0. The summed E-state index contributed by atoms with van der Waals surface area (Å²) in [5, 5.41) is 4.13. The second-order valence-corrected chi connectivity index (χ2v) is 3.90. The Kier molecular flexibility index (Phi) is 2.82. The first-order valence-electron chi connectivity index (χ1n) is 5.75. The predicted octanol–water partition coefficient (Wildman–Crippen LogP) is 1.49. The highest BCUT2D eigenvalue weighted by Crippen LogP contribution is 2.05. The highest BCUT2D eigenvalue weighted by molar-refractivity contribution is 5.93. The lowest BCUT2D eigenvalue weighted by molar-refractivity contribution is 0.0957. The first-order chi connectivity index (χ1) is 9.33. The van der Waals surface area contributed by atoms with E-state index in [9.17, 15) is 4.79 Å². The molecule has 0 saturated heterocycles. The summed E-state index contributed by atoms with van der Waals surface area (Å²) < 4.78 is 1.55. The van der Waals surface area contributed by atoms with E-state index >= 15 is 0 Å². The van der Waals surface area contributed by atoms with Gasteiger partial charge in [0.05, 0.1) is 5.69 Å². The number of rotatable bonds is 3. The quantitative estimate of drug-likeness (QED) is 0.694. The van der Waals surface area contributed by atoms with Crippen molar-refractivity contribution in [2.45, 2.75) is 0 Å². The molecule has 0 aliphatic heterocycles. The fourth-order valence-electron chi connectivity index (χ4n) is 1.66. The Morgan fingerprint density at radius 2 is 2.00 bits per heavy atom. The smallest absolute Gasteiger partial charge is 0.290 e. The van der Waals surface area contributed by atoms with Crippen molar-refractivity contribution in [1.29, 1.82) is 0 Å². The largest absolute Gasteiger partial charge is 0.298 e. The van der Waals surface area contributed by atoms with Crippen LogP contribution in [0.4, 0.5) is 5.69 Å². The number of para-hydroxylation sites is 1. The SMILES string of the molecule is O=C(NNc1ccccc1)c1cc2ncccn2n1. The van der Waals surface area contributed by atoms with Gasteiger partial charge >= 0.3 is 0 Å². The third-order valence-corrected chi connectivity index (χ3v) is 2.56. The molecule has 0 aliphatic carbocycles. The highest BCUT2D eigenvalue weighted by atomic mass is 16.2. The maximum absolute atomic E-state index is 11.9. The van der Waals surface area contributed by atoms with Gasteiger partial charge in [-0.05, 0) is 18.2 Å². The van der Waals surface area contributed by atoms with Crippen LogP contribution in [0, 0.1) is 0 Å². The molecular formula is C13H11N5O. The van der Waals surface area contributed by atoms with Gasteiger partial charge in [-0.2, -0.15) is 5.10 Å². The number of amides is 1. The number of hydrogen-bond acceptors (Lipinski definition) is 4. The first kappa shape index (κ1) is 11.2. The molecule has 2 aromatic heterocycles.